The second-order valence-electron chi connectivity index (χ2n) is 6.50. The Balaban J connectivity index is 1.77. The first kappa shape index (κ1) is 14.3. The Morgan fingerprint density at radius 1 is 1.06 bits per heavy atom. The lowest BCUT2D eigenvalue weighted by atomic mass is 9.86. The molecule has 0 radical (unpaired) electrons. The minimum absolute atomic E-state index is 0.770. The van der Waals surface area contributed by atoms with Crippen molar-refractivity contribution in [3.63, 3.8) is 0 Å². The summed E-state index contributed by atoms with van der Waals surface area (Å²) < 4.78 is 0. The monoisotopic (exact) mass is 253 g/mol. The molecule has 3 atom stereocenters. The van der Waals surface area contributed by atoms with Gasteiger partial charge in [0.15, 0.2) is 0 Å². The summed E-state index contributed by atoms with van der Waals surface area (Å²) in [5, 5.41) is 3.48. The van der Waals surface area contributed by atoms with Crippen molar-refractivity contribution in [1.82, 2.24) is 15.1 Å². The van der Waals surface area contributed by atoms with Crippen LogP contribution in [-0.2, 0) is 0 Å². The zero-order chi connectivity index (χ0) is 13.0. The summed E-state index contributed by atoms with van der Waals surface area (Å²) in [6.07, 6.45) is 2.72. The molecule has 0 aromatic carbocycles. The maximum absolute atomic E-state index is 3.48. The van der Waals surface area contributed by atoms with E-state index in [4.69, 9.17) is 0 Å². The van der Waals surface area contributed by atoms with Gasteiger partial charge in [-0.2, -0.15) is 0 Å². The molecule has 2 saturated heterocycles. The van der Waals surface area contributed by atoms with Gasteiger partial charge in [-0.15, -0.1) is 0 Å². The van der Waals surface area contributed by atoms with E-state index >= 15 is 0 Å². The normalized spacial score (nSPS) is 36.5. The van der Waals surface area contributed by atoms with E-state index in [1.165, 1.54) is 58.7 Å². The van der Waals surface area contributed by atoms with Gasteiger partial charge in [-0.1, -0.05) is 13.8 Å². The van der Waals surface area contributed by atoms with Crippen LogP contribution < -0.4 is 5.32 Å². The lowest BCUT2D eigenvalue weighted by Gasteiger charge is -2.41. The lowest BCUT2D eigenvalue weighted by Crippen LogP contribution is -2.48. The van der Waals surface area contributed by atoms with Crippen LogP contribution in [0.15, 0.2) is 0 Å². The highest BCUT2D eigenvalue weighted by molar-refractivity contribution is 4.82. The number of piperidine rings is 1. The molecule has 3 heteroatoms. The van der Waals surface area contributed by atoms with Crippen molar-refractivity contribution in [2.24, 2.45) is 11.8 Å². The van der Waals surface area contributed by atoms with E-state index in [-0.39, 0.29) is 0 Å². The summed E-state index contributed by atoms with van der Waals surface area (Å²) in [6, 6.07) is 0.770. The molecular weight excluding hydrogens is 222 g/mol. The molecule has 0 aliphatic carbocycles. The number of likely N-dealkylation sites (tertiary alicyclic amines) is 1. The molecule has 1 N–H and O–H groups in total. The second-order valence-corrected chi connectivity index (χ2v) is 6.50. The third kappa shape index (κ3) is 3.94. The van der Waals surface area contributed by atoms with Crippen LogP contribution in [0.25, 0.3) is 0 Å². The molecule has 0 spiro atoms. The van der Waals surface area contributed by atoms with Crippen LogP contribution in [-0.4, -0.2) is 61.7 Å². The molecule has 0 saturated carbocycles. The van der Waals surface area contributed by atoms with Crippen LogP contribution in [0.1, 0.15) is 33.6 Å². The maximum atomic E-state index is 3.48. The molecule has 0 bridgehead atoms. The molecule has 2 aliphatic heterocycles. The zero-order valence-corrected chi connectivity index (χ0v) is 12.5. The largest absolute Gasteiger partial charge is 0.315 e. The van der Waals surface area contributed by atoms with Crippen LogP contribution in [0.4, 0.5) is 0 Å². The minimum atomic E-state index is 0.770. The van der Waals surface area contributed by atoms with Gasteiger partial charge in [0.05, 0.1) is 0 Å². The number of hydrogen-bond acceptors (Lipinski definition) is 3. The summed E-state index contributed by atoms with van der Waals surface area (Å²) in [5.74, 6) is 1.74. The van der Waals surface area contributed by atoms with Crippen molar-refractivity contribution in [3.05, 3.63) is 0 Å². The average Bonchev–Trinajstić information content (AvgIpc) is 2.60. The summed E-state index contributed by atoms with van der Waals surface area (Å²) in [4.78, 5) is 5.35. The second kappa shape index (κ2) is 6.88. The molecule has 0 aromatic rings. The first-order valence-corrected chi connectivity index (χ1v) is 7.84. The molecule has 3 nitrogen and oxygen atoms in total. The van der Waals surface area contributed by atoms with E-state index < -0.39 is 0 Å². The fourth-order valence-electron chi connectivity index (χ4n) is 3.52. The van der Waals surface area contributed by atoms with Crippen LogP contribution in [0.5, 0.6) is 0 Å². The van der Waals surface area contributed by atoms with Crippen LogP contribution >= 0.6 is 0 Å². The van der Waals surface area contributed by atoms with E-state index in [1.807, 2.05) is 0 Å². The molecule has 106 valence electrons. The van der Waals surface area contributed by atoms with Gasteiger partial charge >= 0.3 is 0 Å². The zero-order valence-electron chi connectivity index (χ0n) is 12.5. The first-order chi connectivity index (χ1) is 8.66. The topological polar surface area (TPSA) is 18.5 Å². The van der Waals surface area contributed by atoms with E-state index in [2.05, 4.69) is 35.9 Å². The third-order valence-electron chi connectivity index (χ3n) is 4.86. The lowest BCUT2D eigenvalue weighted by molar-refractivity contribution is 0.0693. The van der Waals surface area contributed by atoms with Crippen molar-refractivity contribution in [1.29, 1.82) is 0 Å². The van der Waals surface area contributed by atoms with E-state index in [1.54, 1.807) is 0 Å². The van der Waals surface area contributed by atoms with Gasteiger partial charge in [0.2, 0.25) is 0 Å². The quantitative estimate of drug-likeness (QED) is 0.825. The Morgan fingerprint density at radius 2 is 1.89 bits per heavy atom. The van der Waals surface area contributed by atoms with Crippen LogP contribution in [0, 0.1) is 11.8 Å². The van der Waals surface area contributed by atoms with Gasteiger partial charge in [0.1, 0.15) is 0 Å². The van der Waals surface area contributed by atoms with Crippen molar-refractivity contribution < 1.29 is 0 Å². The van der Waals surface area contributed by atoms with Gasteiger partial charge in [-0.05, 0) is 44.7 Å². The molecule has 2 aliphatic rings. The summed E-state index contributed by atoms with van der Waals surface area (Å²) in [7, 11) is 0. The Kier molecular flexibility index (Phi) is 5.46. The summed E-state index contributed by atoms with van der Waals surface area (Å²) in [6.45, 7) is 15.9. The molecule has 2 fully saturated rings. The average molecular weight is 253 g/mol. The Labute approximate surface area is 113 Å². The molecule has 3 unspecified atom stereocenters. The highest BCUT2D eigenvalue weighted by atomic mass is 15.2. The highest BCUT2D eigenvalue weighted by Gasteiger charge is 2.28. The predicted octanol–water partition coefficient (Wildman–Crippen LogP) is 1.65. The number of nitrogens with one attached hydrogen (secondary N) is 1. The number of hydrogen-bond donors (Lipinski definition) is 1. The first-order valence-electron chi connectivity index (χ1n) is 7.84. The van der Waals surface area contributed by atoms with Gasteiger partial charge in [-0.3, -0.25) is 4.90 Å². The van der Waals surface area contributed by atoms with Gasteiger partial charge in [0, 0.05) is 38.8 Å². The Morgan fingerprint density at radius 3 is 2.72 bits per heavy atom. The van der Waals surface area contributed by atoms with Gasteiger partial charge in [0.25, 0.3) is 0 Å². The number of rotatable bonds is 3. The summed E-state index contributed by atoms with van der Waals surface area (Å²) >= 11 is 0. The Hall–Kier alpha value is -0.120. The van der Waals surface area contributed by atoms with Crippen molar-refractivity contribution in [2.45, 2.75) is 39.7 Å². The third-order valence-corrected chi connectivity index (χ3v) is 4.86. The van der Waals surface area contributed by atoms with Crippen LogP contribution in [0.3, 0.4) is 0 Å². The molecule has 2 rings (SSSR count). The fourth-order valence-corrected chi connectivity index (χ4v) is 3.52. The molecule has 0 amide bonds. The van der Waals surface area contributed by atoms with Gasteiger partial charge in [-0.25, -0.2) is 0 Å². The van der Waals surface area contributed by atoms with Crippen molar-refractivity contribution in [3.8, 4) is 0 Å². The smallest absolute Gasteiger partial charge is 0.0112 e. The van der Waals surface area contributed by atoms with Gasteiger partial charge < -0.3 is 10.2 Å². The van der Waals surface area contributed by atoms with Crippen molar-refractivity contribution >= 4 is 0 Å². The van der Waals surface area contributed by atoms with E-state index in [0.29, 0.717) is 0 Å². The number of nitrogens with zero attached hydrogens (tertiary/aromatic N) is 2. The molecule has 18 heavy (non-hydrogen) atoms. The van der Waals surface area contributed by atoms with E-state index in [9.17, 15) is 0 Å². The summed E-state index contributed by atoms with van der Waals surface area (Å²) in [5.41, 5.74) is 0. The molecular formula is C15H31N3. The fraction of sp³-hybridized carbons (Fsp3) is 1.00. The predicted molar refractivity (Wildman–Crippen MR) is 77.9 cm³/mol. The maximum Gasteiger partial charge on any atom is 0.0112 e. The minimum Gasteiger partial charge on any atom is -0.315 e. The molecule has 0 aromatic heterocycles. The van der Waals surface area contributed by atoms with Crippen molar-refractivity contribution in [2.75, 3.05) is 45.8 Å². The van der Waals surface area contributed by atoms with E-state index in [0.717, 1.165) is 17.9 Å². The highest BCUT2D eigenvalue weighted by Crippen LogP contribution is 2.26. The Bertz CT molecular complexity index is 236. The van der Waals surface area contributed by atoms with Crippen LogP contribution in [0.2, 0.25) is 0 Å². The SMILES string of the molecule is CC1CC(C)C(C)N(CCN2CCCNCC2)C1. The standard InChI is InChI=1S/C15H31N3/c1-13-11-14(2)15(3)18(12-13)10-9-17-7-4-5-16-6-8-17/h13-16H,4-12H2,1-3H3. The molecule has 2 heterocycles.